The highest BCUT2D eigenvalue weighted by Crippen LogP contribution is 2.18. The molecule has 2 nitrogen and oxygen atoms in total. The quantitative estimate of drug-likeness (QED) is 0.893. The van der Waals surface area contributed by atoms with Gasteiger partial charge in [-0.25, -0.2) is 0 Å². The van der Waals surface area contributed by atoms with Crippen LogP contribution in [0.3, 0.4) is 0 Å². The summed E-state index contributed by atoms with van der Waals surface area (Å²) in [6.07, 6.45) is 0.796. The molecular formula is C17H18BrNO. The van der Waals surface area contributed by atoms with Crippen molar-refractivity contribution in [2.24, 2.45) is 0 Å². The van der Waals surface area contributed by atoms with Gasteiger partial charge in [0, 0.05) is 10.0 Å². The smallest absolute Gasteiger partial charge is 0.252 e. The number of carbonyl (C=O) groups is 1. The number of hydrogen-bond donors (Lipinski definition) is 1. The first-order valence-corrected chi connectivity index (χ1v) is 7.38. The van der Waals surface area contributed by atoms with Crippen LogP contribution in [0.15, 0.2) is 59.1 Å². The van der Waals surface area contributed by atoms with Crippen LogP contribution in [-0.4, -0.2) is 11.4 Å². The van der Waals surface area contributed by atoms with Crippen LogP contribution in [0.2, 0.25) is 0 Å². The number of hydrogen-bond acceptors (Lipinski definition) is 1. The molecule has 0 unspecified atom stereocenters. The van der Waals surface area contributed by atoms with E-state index in [4.69, 9.17) is 0 Å². The lowest BCUT2D eigenvalue weighted by Crippen LogP contribution is -2.45. The summed E-state index contributed by atoms with van der Waals surface area (Å²) in [4.78, 5) is 12.3. The Bertz CT molecular complexity index is 593. The monoisotopic (exact) mass is 331 g/mol. The van der Waals surface area contributed by atoms with Crippen LogP contribution in [0.5, 0.6) is 0 Å². The van der Waals surface area contributed by atoms with Crippen LogP contribution in [0.4, 0.5) is 0 Å². The summed E-state index contributed by atoms with van der Waals surface area (Å²) in [6, 6.07) is 17.6. The molecule has 2 aromatic carbocycles. The van der Waals surface area contributed by atoms with Crippen molar-refractivity contribution in [1.29, 1.82) is 0 Å². The van der Waals surface area contributed by atoms with Gasteiger partial charge in [0.1, 0.15) is 0 Å². The normalized spacial score (nSPS) is 11.2. The lowest BCUT2D eigenvalue weighted by molar-refractivity contribution is 0.0912. The maximum atomic E-state index is 12.3. The molecule has 2 aromatic rings. The number of nitrogens with one attached hydrogen (secondary N) is 1. The molecule has 104 valence electrons. The maximum Gasteiger partial charge on any atom is 0.252 e. The van der Waals surface area contributed by atoms with Crippen molar-refractivity contribution in [2.75, 3.05) is 0 Å². The van der Waals surface area contributed by atoms with Gasteiger partial charge in [-0.05, 0) is 53.9 Å². The zero-order valence-corrected chi connectivity index (χ0v) is 13.3. The predicted molar refractivity (Wildman–Crippen MR) is 85.8 cm³/mol. The molecule has 0 radical (unpaired) electrons. The highest BCUT2D eigenvalue weighted by atomic mass is 79.9. The van der Waals surface area contributed by atoms with Crippen molar-refractivity contribution in [1.82, 2.24) is 5.32 Å². The Balaban J connectivity index is 2.08. The Hall–Kier alpha value is -1.61. The fourth-order valence-corrected chi connectivity index (χ4v) is 2.64. The van der Waals surface area contributed by atoms with Crippen LogP contribution in [0.1, 0.15) is 29.8 Å². The summed E-state index contributed by atoms with van der Waals surface area (Å²) in [5.74, 6) is -0.0570. The molecule has 0 aromatic heterocycles. The van der Waals surface area contributed by atoms with E-state index in [1.54, 1.807) is 0 Å². The lowest BCUT2D eigenvalue weighted by Gasteiger charge is -2.26. The first-order valence-electron chi connectivity index (χ1n) is 6.59. The van der Waals surface area contributed by atoms with E-state index in [1.165, 1.54) is 5.56 Å². The average molecular weight is 332 g/mol. The number of rotatable bonds is 4. The van der Waals surface area contributed by atoms with Gasteiger partial charge in [-0.15, -0.1) is 0 Å². The van der Waals surface area contributed by atoms with E-state index < -0.39 is 0 Å². The number of amides is 1. The van der Waals surface area contributed by atoms with Crippen LogP contribution >= 0.6 is 15.9 Å². The van der Waals surface area contributed by atoms with E-state index in [9.17, 15) is 4.79 Å². The Morgan fingerprint density at radius 3 is 2.30 bits per heavy atom. The van der Waals surface area contributed by atoms with Crippen molar-refractivity contribution in [3.05, 3.63) is 70.2 Å². The highest BCUT2D eigenvalue weighted by Gasteiger charge is 2.22. The summed E-state index contributed by atoms with van der Waals surface area (Å²) >= 11 is 3.41. The molecule has 0 spiro atoms. The zero-order chi connectivity index (χ0) is 14.6. The van der Waals surface area contributed by atoms with E-state index in [-0.39, 0.29) is 11.4 Å². The van der Waals surface area contributed by atoms with Gasteiger partial charge in [-0.3, -0.25) is 4.79 Å². The summed E-state index contributed by atoms with van der Waals surface area (Å²) in [5, 5.41) is 3.09. The van der Waals surface area contributed by atoms with Crippen LogP contribution in [-0.2, 0) is 6.42 Å². The van der Waals surface area contributed by atoms with Gasteiger partial charge in [-0.1, -0.05) is 42.5 Å². The number of carbonyl (C=O) groups excluding carboxylic acids is 1. The van der Waals surface area contributed by atoms with E-state index in [2.05, 4.69) is 33.4 Å². The fourth-order valence-electron chi connectivity index (χ4n) is 2.17. The van der Waals surface area contributed by atoms with Gasteiger partial charge >= 0.3 is 0 Å². The standard InChI is InChI=1S/C17H18BrNO/c1-17(2,12-13-8-4-3-5-9-13)19-16(20)14-10-6-7-11-15(14)18/h3-11H,12H2,1-2H3,(H,19,20). The summed E-state index contributed by atoms with van der Waals surface area (Å²) < 4.78 is 0.813. The minimum absolute atomic E-state index is 0.0570. The number of halogens is 1. The van der Waals surface area contributed by atoms with Gasteiger partial charge in [0.2, 0.25) is 0 Å². The molecule has 20 heavy (non-hydrogen) atoms. The number of benzene rings is 2. The molecule has 2 rings (SSSR count). The van der Waals surface area contributed by atoms with Gasteiger partial charge in [0.05, 0.1) is 5.56 Å². The zero-order valence-electron chi connectivity index (χ0n) is 11.7. The van der Waals surface area contributed by atoms with Crippen LogP contribution in [0.25, 0.3) is 0 Å². The van der Waals surface area contributed by atoms with Crippen molar-refractivity contribution >= 4 is 21.8 Å². The van der Waals surface area contributed by atoms with Crippen molar-refractivity contribution in [2.45, 2.75) is 25.8 Å². The van der Waals surface area contributed by atoms with E-state index >= 15 is 0 Å². The first-order chi connectivity index (χ1) is 9.48. The summed E-state index contributed by atoms with van der Waals surface area (Å²) in [5.41, 5.74) is 1.58. The summed E-state index contributed by atoms with van der Waals surface area (Å²) in [6.45, 7) is 4.07. The van der Waals surface area contributed by atoms with Gasteiger partial charge in [0.15, 0.2) is 0 Å². The van der Waals surface area contributed by atoms with Crippen LogP contribution < -0.4 is 5.32 Å². The largest absolute Gasteiger partial charge is 0.347 e. The first kappa shape index (κ1) is 14.8. The third kappa shape index (κ3) is 3.94. The molecule has 0 heterocycles. The molecular weight excluding hydrogens is 314 g/mol. The maximum absolute atomic E-state index is 12.3. The Kier molecular flexibility index (Phi) is 4.61. The summed E-state index contributed by atoms with van der Waals surface area (Å²) in [7, 11) is 0. The lowest BCUT2D eigenvalue weighted by atomic mass is 9.94. The van der Waals surface area contributed by atoms with Gasteiger partial charge in [0.25, 0.3) is 5.91 Å². The Morgan fingerprint density at radius 2 is 1.65 bits per heavy atom. The highest BCUT2D eigenvalue weighted by molar-refractivity contribution is 9.10. The second-order valence-electron chi connectivity index (χ2n) is 5.48. The van der Waals surface area contributed by atoms with Crippen LogP contribution in [0, 0.1) is 0 Å². The topological polar surface area (TPSA) is 29.1 Å². The second-order valence-corrected chi connectivity index (χ2v) is 6.33. The SMILES string of the molecule is CC(C)(Cc1ccccc1)NC(=O)c1ccccc1Br. The molecule has 0 aliphatic rings. The molecule has 0 saturated carbocycles. The molecule has 0 saturated heterocycles. The van der Waals surface area contributed by atoms with E-state index in [0.717, 1.165) is 10.9 Å². The molecule has 0 aliphatic carbocycles. The minimum atomic E-state index is -0.298. The molecule has 0 atom stereocenters. The molecule has 0 aliphatic heterocycles. The third-order valence-corrected chi connectivity index (χ3v) is 3.75. The van der Waals surface area contributed by atoms with E-state index in [1.807, 2.05) is 56.3 Å². The molecule has 0 bridgehead atoms. The Labute approximate surface area is 128 Å². The van der Waals surface area contributed by atoms with Gasteiger partial charge in [-0.2, -0.15) is 0 Å². The molecule has 0 fully saturated rings. The molecule has 3 heteroatoms. The minimum Gasteiger partial charge on any atom is -0.347 e. The molecule has 1 N–H and O–H groups in total. The fraction of sp³-hybridized carbons (Fsp3) is 0.235. The molecule has 1 amide bonds. The average Bonchev–Trinajstić information content (AvgIpc) is 2.39. The van der Waals surface area contributed by atoms with Crippen molar-refractivity contribution in [3.8, 4) is 0 Å². The Morgan fingerprint density at radius 1 is 1.05 bits per heavy atom. The second kappa shape index (κ2) is 6.23. The van der Waals surface area contributed by atoms with Crippen molar-refractivity contribution in [3.63, 3.8) is 0 Å². The van der Waals surface area contributed by atoms with Crippen molar-refractivity contribution < 1.29 is 4.79 Å². The van der Waals surface area contributed by atoms with E-state index in [0.29, 0.717) is 5.56 Å². The van der Waals surface area contributed by atoms with Gasteiger partial charge < -0.3 is 5.32 Å². The third-order valence-electron chi connectivity index (χ3n) is 3.06. The predicted octanol–water partition coefficient (Wildman–Crippen LogP) is 4.20.